The molecule has 1 aromatic carbocycles. The first-order chi connectivity index (χ1) is 8.61. The zero-order chi connectivity index (χ0) is 12.8. The third-order valence-electron chi connectivity index (χ3n) is 4.98. The van der Waals surface area contributed by atoms with Gasteiger partial charge in [-0.3, -0.25) is 0 Å². The molecule has 1 nitrogen and oxygen atoms in total. The molecule has 0 amide bonds. The van der Waals surface area contributed by atoms with E-state index in [4.69, 9.17) is 0 Å². The van der Waals surface area contributed by atoms with E-state index in [0.717, 1.165) is 0 Å². The predicted molar refractivity (Wildman–Crippen MR) is 81.8 cm³/mol. The summed E-state index contributed by atoms with van der Waals surface area (Å²) in [6, 6.07) is 7.03. The molecule has 0 atom stereocenters. The Labute approximate surface area is 111 Å². The maximum Gasteiger partial charge on any atom is 0.139 e. The second-order valence-corrected chi connectivity index (χ2v) is 6.22. The Morgan fingerprint density at radius 3 is 2.67 bits per heavy atom. The van der Waals surface area contributed by atoms with Crippen molar-refractivity contribution in [2.75, 3.05) is 18.5 Å². The number of nitrogens with zero attached hydrogens (tertiary/aromatic N) is 1. The normalized spacial score (nSPS) is 22.1. The fourth-order valence-electron chi connectivity index (χ4n) is 3.64. The molecule has 0 unspecified atom stereocenters. The third kappa shape index (κ3) is 1.79. The lowest BCUT2D eigenvalue weighted by molar-refractivity contribution is 0.302. The summed E-state index contributed by atoms with van der Waals surface area (Å²) in [6.45, 7) is 5.36. The third-order valence-corrected chi connectivity index (χ3v) is 4.98. The minimum absolute atomic E-state index is 0.441. The summed E-state index contributed by atoms with van der Waals surface area (Å²) in [5, 5.41) is 0. The topological polar surface area (TPSA) is 3.24 Å². The summed E-state index contributed by atoms with van der Waals surface area (Å²) >= 11 is 0. The fraction of sp³-hybridized carbons (Fsp3) is 0.500. The largest absolute Gasteiger partial charge is 0.374 e. The number of hydrogen-bond acceptors (Lipinski definition) is 1. The highest BCUT2D eigenvalue weighted by molar-refractivity contribution is 6.32. The Bertz CT molecular complexity index is 482. The summed E-state index contributed by atoms with van der Waals surface area (Å²) in [5.41, 5.74) is 6.32. The van der Waals surface area contributed by atoms with Crippen molar-refractivity contribution in [2.24, 2.45) is 0 Å². The van der Waals surface area contributed by atoms with Crippen LogP contribution < -0.4 is 10.4 Å². The number of anilines is 1. The molecule has 1 aliphatic heterocycles. The van der Waals surface area contributed by atoms with Gasteiger partial charge in [0.2, 0.25) is 0 Å². The number of hydrogen-bond donors (Lipinski definition) is 0. The molecule has 1 saturated carbocycles. The van der Waals surface area contributed by atoms with E-state index in [1.165, 1.54) is 55.4 Å². The van der Waals surface area contributed by atoms with Crippen molar-refractivity contribution in [3.8, 4) is 0 Å². The number of benzene rings is 1. The summed E-state index contributed by atoms with van der Waals surface area (Å²) < 4.78 is 0. The fourth-order valence-corrected chi connectivity index (χ4v) is 3.64. The average Bonchev–Trinajstić information content (AvgIpc) is 2.37. The number of fused-ring (bicyclic) bond motifs is 2. The molecule has 0 radical (unpaired) electrons. The van der Waals surface area contributed by atoms with Crippen molar-refractivity contribution in [3.05, 3.63) is 35.9 Å². The summed E-state index contributed by atoms with van der Waals surface area (Å²) in [5.74, 6) is 0. The zero-order valence-electron chi connectivity index (χ0n) is 11.6. The van der Waals surface area contributed by atoms with Crippen LogP contribution in [0.4, 0.5) is 5.69 Å². The Hall–Kier alpha value is -1.18. The first-order valence-corrected chi connectivity index (χ1v) is 7.10. The molecule has 0 saturated heterocycles. The summed E-state index contributed by atoms with van der Waals surface area (Å²) in [6.07, 6.45) is 6.35. The van der Waals surface area contributed by atoms with Gasteiger partial charge in [0.15, 0.2) is 0 Å². The molecule has 1 fully saturated rings. The maximum atomic E-state index is 4.17. The van der Waals surface area contributed by atoms with Gasteiger partial charge < -0.3 is 4.90 Å². The van der Waals surface area contributed by atoms with Gasteiger partial charge in [-0.1, -0.05) is 29.7 Å². The molecule has 3 rings (SSSR count). The van der Waals surface area contributed by atoms with Gasteiger partial charge in [0.1, 0.15) is 7.85 Å². The SMILES string of the molecule is Bc1ccc2c(c1)N(C)CCC21CCC(=C)CC1. The standard InChI is InChI=1S/C16H22BN/c1-12-5-7-16(8-6-12)9-10-18(2)15-11-13(17)3-4-14(15)16/h3-4,11H,1,5-10,17H2,2H3. The lowest BCUT2D eigenvalue weighted by Crippen LogP contribution is -2.40. The van der Waals surface area contributed by atoms with Crippen LogP contribution in [0.25, 0.3) is 0 Å². The van der Waals surface area contributed by atoms with Crippen molar-refractivity contribution < 1.29 is 0 Å². The quantitative estimate of drug-likeness (QED) is 0.495. The molecule has 2 heteroatoms. The van der Waals surface area contributed by atoms with E-state index in [0.29, 0.717) is 5.41 Å². The average molecular weight is 239 g/mol. The van der Waals surface area contributed by atoms with Gasteiger partial charge in [0, 0.05) is 19.3 Å². The van der Waals surface area contributed by atoms with Gasteiger partial charge in [-0.2, -0.15) is 0 Å². The predicted octanol–water partition coefficient (Wildman–Crippen LogP) is 2.15. The van der Waals surface area contributed by atoms with E-state index in [1.807, 2.05) is 0 Å². The van der Waals surface area contributed by atoms with E-state index in [2.05, 4.69) is 44.6 Å². The minimum atomic E-state index is 0.441. The van der Waals surface area contributed by atoms with Crippen LogP contribution >= 0.6 is 0 Å². The van der Waals surface area contributed by atoms with Crippen LogP contribution in [0.3, 0.4) is 0 Å². The highest BCUT2D eigenvalue weighted by Crippen LogP contribution is 2.48. The smallest absolute Gasteiger partial charge is 0.139 e. The monoisotopic (exact) mass is 239 g/mol. The first kappa shape index (κ1) is 11.9. The minimum Gasteiger partial charge on any atom is -0.374 e. The van der Waals surface area contributed by atoms with Gasteiger partial charge in [-0.25, -0.2) is 0 Å². The Morgan fingerprint density at radius 1 is 1.22 bits per heavy atom. The molecule has 1 aliphatic carbocycles. The van der Waals surface area contributed by atoms with E-state index in [9.17, 15) is 0 Å². The molecule has 1 spiro atoms. The highest BCUT2D eigenvalue weighted by atomic mass is 15.1. The molecule has 1 aromatic rings. The molecule has 94 valence electrons. The van der Waals surface area contributed by atoms with Gasteiger partial charge in [-0.05, 0) is 49.1 Å². The second kappa shape index (κ2) is 4.19. The van der Waals surface area contributed by atoms with Crippen molar-refractivity contribution in [2.45, 2.75) is 37.5 Å². The van der Waals surface area contributed by atoms with Crippen molar-refractivity contribution in [1.29, 1.82) is 0 Å². The van der Waals surface area contributed by atoms with E-state index < -0.39 is 0 Å². The van der Waals surface area contributed by atoms with Gasteiger partial charge >= 0.3 is 0 Å². The highest BCUT2D eigenvalue weighted by Gasteiger charge is 2.39. The van der Waals surface area contributed by atoms with Crippen molar-refractivity contribution >= 4 is 19.0 Å². The molecule has 18 heavy (non-hydrogen) atoms. The van der Waals surface area contributed by atoms with Crippen LogP contribution in [0.1, 0.15) is 37.7 Å². The van der Waals surface area contributed by atoms with Gasteiger partial charge in [0.05, 0.1) is 0 Å². The van der Waals surface area contributed by atoms with Crippen molar-refractivity contribution in [3.63, 3.8) is 0 Å². The van der Waals surface area contributed by atoms with Crippen LogP contribution in [0.2, 0.25) is 0 Å². The first-order valence-electron chi connectivity index (χ1n) is 7.10. The molecule has 0 aromatic heterocycles. The maximum absolute atomic E-state index is 4.17. The summed E-state index contributed by atoms with van der Waals surface area (Å²) in [7, 11) is 4.42. The Balaban J connectivity index is 2.05. The number of allylic oxidation sites excluding steroid dienone is 1. The van der Waals surface area contributed by atoms with Gasteiger partial charge in [-0.15, -0.1) is 0 Å². The Morgan fingerprint density at radius 2 is 1.94 bits per heavy atom. The molecule has 1 heterocycles. The van der Waals surface area contributed by atoms with Crippen LogP contribution in [0.5, 0.6) is 0 Å². The molecule has 2 aliphatic rings. The van der Waals surface area contributed by atoms with Crippen LogP contribution in [0, 0.1) is 0 Å². The van der Waals surface area contributed by atoms with E-state index >= 15 is 0 Å². The van der Waals surface area contributed by atoms with Gasteiger partial charge in [0.25, 0.3) is 0 Å². The van der Waals surface area contributed by atoms with Crippen LogP contribution in [-0.2, 0) is 5.41 Å². The van der Waals surface area contributed by atoms with Crippen LogP contribution in [0.15, 0.2) is 30.4 Å². The molecular formula is C16H22BN. The molecular weight excluding hydrogens is 217 g/mol. The molecule has 0 bridgehead atoms. The van der Waals surface area contributed by atoms with Crippen molar-refractivity contribution in [1.82, 2.24) is 0 Å². The lowest BCUT2D eigenvalue weighted by atomic mass is 9.64. The summed E-state index contributed by atoms with van der Waals surface area (Å²) in [4.78, 5) is 2.43. The van der Waals surface area contributed by atoms with E-state index in [1.54, 1.807) is 5.56 Å². The second-order valence-electron chi connectivity index (χ2n) is 6.22. The number of rotatable bonds is 0. The zero-order valence-corrected chi connectivity index (χ0v) is 11.6. The van der Waals surface area contributed by atoms with E-state index in [-0.39, 0.29) is 0 Å². The molecule has 0 N–H and O–H groups in total. The lowest BCUT2D eigenvalue weighted by Gasteiger charge is -2.46. The van der Waals surface area contributed by atoms with Crippen LogP contribution in [-0.4, -0.2) is 21.4 Å². The Kier molecular flexibility index (Phi) is 2.76.